The second-order valence-corrected chi connectivity index (χ2v) is 6.23. The molecule has 0 atom stereocenters. The lowest BCUT2D eigenvalue weighted by Gasteiger charge is -2.08. The van der Waals surface area contributed by atoms with Crippen molar-refractivity contribution in [1.82, 2.24) is 9.55 Å². The molecule has 1 amide bonds. The van der Waals surface area contributed by atoms with E-state index in [1.165, 1.54) is 39.3 Å². The lowest BCUT2D eigenvalue weighted by Crippen LogP contribution is -2.14. The Hall–Kier alpha value is -3.48. The molecule has 1 aliphatic carbocycles. The molecule has 1 aliphatic rings. The topological polar surface area (TPSA) is 90.1 Å². The van der Waals surface area contributed by atoms with Crippen LogP contribution in [0.3, 0.4) is 0 Å². The molecule has 3 aromatic rings. The average Bonchev–Trinajstić information content (AvgIpc) is 3.24. The van der Waals surface area contributed by atoms with E-state index in [-0.39, 0.29) is 18.1 Å². The third-order valence-electron chi connectivity index (χ3n) is 4.48. The number of anilines is 1. The lowest BCUT2D eigenvalue weighted by molar-refractivity contribution is -0.389. The number of nitrogens with zero attached hydrogens (tertiary/aromatic N) is 3. The van der Waals surface area contributed by atoms with E-state index < -0.39 is 4.92 Å². The van der Waals surface area contributed by atoms with E-state index in [1.54, 1.807) is 0 Å². The summed E-state index contributed by atoms with van der Waals surface area (Å²) in [5.41, 5.74) is 5.73. The number of fused-ring (bicyclic) bond motifs is 3. The van der Waals surface area contributed by atoms with Crippen molar-refractivity contribution in [1.29, 1.82) is 0 Å². The molecule has 0 radical (unpaired) electrons. The van der Waals surface area contributed by atoms with Gasteiger partial charge < -0.3 is 20.0 Å². The zero-order valence-electron chi connectivity index (χ0n) is 13.9. The molecule has 0 fully saturated rings. The van der Waals surface area contributed by atoms with Gasteiger partial charge in [-0.2, -0.15) is 0 Å². The number of nitrogens with one attached hydrogen (secondary N) is 1. The first kappa shape index (κ1) is 16.0. The molecule has 7 heteroatoms. The summed E-state index contributed by atoms with van der Waals surface area (Å²) in [6, 6.07) is 14.3. The molecule has 1 N–H and O–H groups in total. The Labute approximate surface area is 149 Å². The minimum atomic E-state index is -0.556. The van der Waals surface area contributed by atoms with Crippen LogP contribution < -0.4 is 5.32 Å². The number of rotatable bonds is 5. The third kappa shape index (κ3) is 3.06. The third-order valence-corrected chi connectivity index (χ3v) is 4.48. The summed E-state index contributed by atoms with van der Waals surface area (Å²) in [5.74, 6) is -0.361. The number of hydrogen-bond acceptors (Lipinski definition) is 4. The van der Waals surface area contributed by atoms with Crippen molar-refractivity contribution >= 4 is 17.4 Å². The SMILES string of the molecule is O=C(CCn1cnc([N+](=O)[O-])c1)Nc1ccc2c(c1)Cc1ccccc1-2. The van der Waals surface area contributed by atoms with Gasteiger partial charge in [-0.05, 0) is 50.7 Å². The summed E-state index contributed by atoms with van der Waals surface area (Å²) < 4.78 is 1.54. The lowest BCUT2D eigenvalue weighted by atomic mass is 10.1. The zero-order valence-corrected chi connectivity index (χ0v) is 13.9. The Morgan fingerprint density at radius 1 is 1.19 bits per heavy atom. The van der Waals surface area contributed by atoms with Gasteiger partial charge in [0.2, 0.25) is 12.2 Å². The Kier molecular flexibility index (Phi) is 3.96. The minimum absolute atomic E-state index is 0.142. The summed E-state index contributed by atoms with van der Waals surface area (Å²) in [7, 11) is 0. The molecule has 1 heterocycles. The first-order chi connectivity index (χ1) is 12.6. The summed E-state index contributed by atoms with van der Waals surface area (Å²) >= 11 is 0. The van der Waals surface area contributed by atoms with Crippen LogP contribution in [0.2, 0.25) is 0 Å². The van der Waals surface area contributed by atoms with Crippen LogP contribution in [-0.4, -0.2) is 20.4 Å². The van der Waals surface area contributed by atoms with Crippen molar-refractivity contribution in [3.8, 4) is 11.1 Å². The molecule has 0 bridgehead atoms. The monoisotopic (exact) mass is 348 g/mol. The molecule has 0 saturated heterocycles. The van der Waals surface area contributed by atoms with E-state index in [4.69, 9.17) is 0 Å². The predicted molar refractivity (Wildman–Crippen MR) is 96.8 cm³/mol. The molecule has 0 aliphatic heterocycles. The first-order valence-corrected chi connectivity index (χ1v) is 8.27. The number of amides is 1. The fourth-order valence-corrected chi connectivity index (χ4v) is 3.24. The summed E-state index contributed by atoms with van der Waals surface area (Å²) in [5, 5.41) is 13.5. The average molecular weight is 348 g/mol. The quantitative estimate of drug-likeness (QED) is 0.442. The van der Waals surface area contributed by atoms with Crippen molar-refractivity contribution < 1.29 is 9.72 Å². The smallest absolute Gasteiger partial charge is 0.358 e. The highest BCUT2D eigenvalue weighted by molar-refractivity contribution is 5.91. The van der Waals surface area contributed by atoms with Crippen molar-refractivity contribution in [2.75, 3.05) is 5.32 Å². The first-order valence-electron chi connectivity index (χ1n) is 8.27. The van der Waals surface area contributed by atoms with Crippen LogP contribution in [0.1, 0.15) is 17.5 Å². The van der Waals surface area contributed by atoms with Gasteiger partial charge in [0.05, 0.1) is 0 Å². The molecule has 0 unspecified atom stereocenters. The summed E-state index contributed by atoms with van der Waals surface area (Å²) in [6.45, 7) is 0.336. The Morgan fingerprint density at radius 3 is 2.81 bits per heavy atom. The fourth-order valence-electron chi connectivity index (χ4n) is 3.24. The number of nitro groups is 1. The number of imidazole rings is 1. The number of carbonyl (C=O) groups excluding carboxylic acids is 1. The predicted octanol–water partition coefficient (Wildman–Crippen LogP) is 3.39. The molecule has 26 heavy (non-hydrogen) atoms. The molecular weight excluding hydrogens is 332 g/mol. The van der Waals surface area contributed by atoms with E-state index in [1.807, 2.05) is 30.3 Å². The maximum atomic E-state index is 12.2. The minimum Gasteiger partial charge on any atom is -0.358 e. The fraction of sp³-hybridized carbons (Fsp3) is 0.158. The Balaban J connectivity index is 1.39. The second-order valence-electron chi connectivity index (χ2n) is 6.23. The van der Waals surface area contributed by atoms with Gasteiger partial charge in [0.1, 0.15) is 6.20 Å². The molecule has 130 valence electrons. The largest absolute Gasteiger partial charge is 0.381 e. The van der Waals surface area contributed by atoms with Crippen LogP contribution in [-0.2, 0) is 17.8 Å². The van der Waals surface area contributed by atoms with Gasteiger partial charge >= 0.3 is 5.82 Å². The van der Waals surface area contributed by atoms with Crippen LogP contribution in [0, 0.1) is 10.1 Å². The molecule has 0 spiro atoms. The summed E-state index contributed by atoms with van der Waals surface area (Å²) in [6.07, 6.45) is 3.76. The zero-order chi connectivity index (χ0) is 18.1. The van der Waals surface area contributed by atoms with Crippen molar-refractivity contribution in [3.63, 3.8) is 0 Å². The van der Waals surface area contributed by atoms with E-state index in [0.717, 1.165) is 12.1 Å². The van der Waals surface area contributed by atoms with Crippen LogP contribution in [0.25, 0.3) is 11.1 Å². The maximum absolute atomic E-state index is 12.2. The van der Waals surface area contributed by atoms with Gasteiger partial charge in [-0.3, -0.25) is 4.79 Å². The highest BCUT2D eigenvalue weighted by Gasteiger charge is 2.18. The van der Waals surface area contributed by atoms with Crippen LogP contribution in [0.5, 0.6) is 0 Å². The second kappa shape index (κ2) is 6.44. The van der Waals surface area contributed by atoms with Crippen molar-refractivity contribution in [3.05, 3.63) is 76.2 Å². The maximum Gasteiger partial charge on any atom is 0.381 e. The number of benzene rings is 2. The highest BCUT2D eigenvalue weighted by atomic mass is 16.6. The van der Waals surface area contributed by atoms with E-state index in [9.17, 15) is 14.9 Å². The molecule has 4 rings (SSSR count). The van der Waals surface area contributed by atoms with E-state index in [0.29, 0.717) is 6.54 Å². The molecule has 1 aromatic heterocycles. The van der Waals surface area contributed by atoms with Gasteiger partial charge in [0.15, 0.2) is 0 Å². The number of hydrogen-bond donors (Lipinski definition) is 1. The van der Waals surface area contributed by atoms with Gasteiger partial charge in [-0.15, -0.1) is 0 Å². The Morgan fingerprint density at radius 2 is 2.00 bits per heavy atom. The van der Waals surface area contributed by atoms with E-state index in [2.05, 4.69) is 22.4 Å². The summed E-state index contributed by atoms with van der Waals surface area (Å²) in [4.78, 5) is 25.9. The van der Waals surface area contributed by atoms with Gasteiger partial charge in [-0.1, -0.05) is 30.3 Å². The normalized spacial score (nSPS) is 11.7. The van der Waals surface area contributed by atoms with Crippen molar-refractivity contribution in [2.24, 2.45) is 0 Å². The molecule has 0 saturated carbocycles. The molecule has 2 aromatic carbocycles. The van der Waals surface area contributed by atoms with Crippen LogP contribution in [0.4, 0.5) is 11.5 Å². The molecular formula is C19H16N4O3. The van der Waals surface area contributed by atoms with Gasteiger partial charge in [0, 0.05) is 18.7 Å². The van der Waals surface area contributed by atoms with E-state index >= 15 is 0 Å². The van der Waals surface area contributed by atoms with Gasteiger partial charge in [-0.25, -0.2) is 0 Å². The van der Waals surface area contributed by atoms with Gasteiger partial charge in [0.25, 0.3) is 0 Å². The van der Waals surface area contributed by atoms with Crippen LogP contribution in [0.15, 0.2) is 55.0 Å². The Bertz CT molecular complexity index is 1010. The number of aromatic nitrogens is 2. The van der Waals surface area contributed by atoms with Crippen LogP contribution >= 0.6 is 0 Å². The number of aryl methyl sites for hydroxylation is 1. The standard InChI is InChI=1S/C19H16N4O3/c24-19(7-8-22-11-18(20-12-22)23(25)26)21-15-5-6-17-14(10-15)9-13-3-1-2-4-16(13)17/h1-6,10-12H,7-9H2,(H,21,24). The van der Waals surface area contributed by atoms with Crippen molar-refractivity contribution in [2.45, 2.75) is 19.4 Å². The number of carbonyl (C=O) groups is 1. The highest BCUT2D eigenvalue weighted by Crippen LogP contribution is 2.37. The molecule has 7 nitrogen and oxygen atoms in total.